The molecule has 1 aliphatic heterocycles. The van der Waals surface area contributed by atoms with Crippen LogP contribution in [0.4, 0.5) is 0 Å². The maximum Gasteiger partial charge on any atom is 0.185 e. The first kappa shape index (κ1) is 9.06. The molecule has 1 atom stereocenters. The highest BCUT2D eigenvalue weighted by Crippen LogP contribution is 2.23. The summed E-state index contributed by atoms with van der Waals surface area (Å²) in [5, 5.41) is 0.621. The van der Waals surface area contributed by atoms with Gasteiger partial charge in [-0.2, -0.15) is 23.5 Å². The zero-order valence-corrected chi connectivity index (χ0v) is 7.96. The van der Waals surface area contributed by atoms with Gasteiger partial charge in [0, 0.05) is 22.5 Å². The second-order valence-corrected chi connectivity index (χ2v) is 4.89. The molecule has 0 radical (unpaired) electrons. The summed E-state index contributed by atoms with van der Waals surface area (Å²) in [6.45, 7) is 0.778. The molecular weight excluding hydrogens is 178 g/mol. The molecule has 0 aromatic carbocycles. The molecule has 0 amide bonds. The Hall–Kier alpha value is -0.0300. The van der Waals surface area contributed by atoms with Crippen LogP contribution in [-0.4, -0.2) is 35.0 Å². The number of hydrogen-bond acceptors (Lipinski definition) is 3. The van der Waals surface area contributed by atoms with Crippen molar-refractivity contribution in [3.05, 3.63) is 0 Å². The van der Waals surface area contributed by atoms with Crippen LogP contribution in [0.25, 0.3) is 0 Å². The minimum atomic E-state index is 0.209. The minimum Gasteiger partial charge on any atom is -0.370 e. The van der Waals surface area contributed by atoms with E-state index in [2.05, 4.69) is 4.99 Å². The predicted molar refractivity (Wildman–Crippen MR) is 54.2 cm³/mol. The fourth-order valence-corrected chi connectivity index (χ4v) is 3.43. The number of nitrogens with two attached hydrogens (primary N) is 2. The van der Waals surface area contributed by atoms with Gasteiger partial charge in [-0.05, 0) is 0 Å². The Morgan fingerprint density at radius 1 is 1.45 bits per heavy atom. The van der Waals surface area contributed by atoms with Crippen LogP contribution < -0.4 is 11.5 Å². The van der Waals surface area contributed by atoms with Gasteiger partial charge >= 0.3 is 0 Å². The van der Waals surface area contributed by atoms with Crippen molar-refractivity contribution in [1.29, 1.82) is 0 Å². The molecule has 0 saturated carbocycles. The van der Waals surface area contributed by atoms with Gasteiger partial charge in [0.25, 0.3) is 0 Å². The van der Waals surface area contributed by atoms with Crippen molar-refractivity contribution in [3.8, 4) is 0 Å². The summed E-state index contributed by atoms with van der Waals surface area (Å²) in [5.74, 6) is 3.89. The molecule has 1 rings (SSSR count). The summed E-state index contributed by atoms with van der Waals surface area (Å²) >= 11 is 3.95. The van der Waals surface area contributed by atoms with E-state index >= 15 is 0 Å². The molecule has 1 aliphatic rings. The van der Waals surface area contributed by atoms with E-state index in [9.17, 15) is 0 Å². The van der Waals surface area contributed by atoms with E-state index in [4.69, 9.17) is 11.5 Å². The molecule has 11 heavy (non-hydrogen) atoms. The lowest BCUT2D eigenvalue weighted by Crippen LogP contribution is -2.26. The van der Waals surface area contributed by atoms with Crippen molar-refractivity contribution in [2.24, 2.45) is 16.5 Å². The maximum absolute atomic E-state index is 5.22. The topological polar surface area (TPSA) is 64.4 Å². The lowest BCUT2D eigenvalue weighted by atomic mass is 10.5. The molecular formula is C6H13N3S2. The molecule has 0 aliphatic carbocycles. The molecule has 4 N–H and O–H groups in total. The number of thioether (sulfide) groups is 2. The Bertz CT molecular complexity index is 139. The van der Waals surface area contributed by atoms with Gasteiger partial charge in [0.05, 0.1) is 6.54 Å². The first-order valence-corrected chi connectivity index (χ1v) is 5.74. The van der Waals surface area contributed by atoms with Crippen LogP contribution in [0.5, 0.6) is 0 Å². The van der Waals surface area contributed by atoms with E-state index in [1.807, 2.05) is 23.5 Å². The number of nitrogens with zero attached hydrogens (tertiary/aromatic N) is 1. The first-order valence-electron chi connectivity index (χ1n) is 3.54. The SMILES string of the molecule is NC(N)=NCC1CSCCS1. The molecule has 1 fully saturated rings. The van der Waals surface area contributed by atoms with Crippen LogP contribution in [0.3, 0.4) is 0 Å². The predicted octanol–water partition coefficient (Wildman–Crippen LogP) is 0.108. The molecule has 5 heteroatoms. The van der Waals surface area contributed by atoms with Gasteiger partial charge in [-0.3, -0.25) is 4.99 Å². The number of hydrogen-bond donors (Lipinski definition) is 2. The third kappa shape index (κ3) is 3.76. The number of guanidine groups is 1. The minimum absolute atomic E-state index is 0.209. The van der Waals surface area contributed by atoms with Gasteiger partial charge in [-0.25, -0.2) is 0 Å². The summed E-state index contributed by atoms with van der Waals surface area (Å²) < 4.78 is 0. The molecule has 0 bridgehead atoms. The Balaban J connectivity index is 2.19. The van der Waals surface area contributed by atoms with E-state index in [-0.39, 0.29) is 5.96 Å². The van der Waals surface area contributed by atoms with E-state index in [1.54, 1.807) is 0 Å². The fraction of sp³-hybridized carbons (Fsp3) is 0.833. The molecule has 0 aromatic rings. The van der Waals surface area contributed by atoms with Crippen molar-refractivity contribution >= 4 is 29.5 Å². The average molecular weight is 191 g/mol. The molecule has 64 valence electrons. The average Bonchev–Trinajstić information content (AvgIpc) is 2.03. The van der Waals surface area contributed by atoms with Gasteiger partial charge in [-0.15, -0.1) is 0 Å². The second kappa shape index (κ2) is 4.77. The van der Waals surface area contributed by atoms with Gasteiger partial charge < -0.3 is 11.5 Å². The second-order valence-electron chi connectivity index (χ2n) is 2.33. The van der Waals surface area contributed by atoms with Crippen molar-refractivity contribution < 1.29 is 0 Å². The smallest absolute Gasteiger partial charge is 0.185 e. The van der Waals surface area contributed by atoms with Gasteiger partial charge in [-0.1, -0.05) is 0 Å². The molecule has 1 saturated heterocycles. The zero-order chi connectivity index (χ0) is 8.10. The van der Waals surface area contributed by atoms with Gasteiger partial charge in [0.2, 0.25) is 0 Å². The lowest BCUT2D eigenvalue weighted by molar-refractivity contribution is 0.951. The first-order chi connectivity index (χ1) is 5.29. The Labute approximate surface area is 75.4 Å². The molecule has 0 spiro atoms. The highest BCUT2D eigenvalue weighted by Gasteiger charge is 2.12. The van der Waals surface area contributed by atoms with E-state index in [1.165, 1.54) is 17.3 Å². The van der Waals surface area contributed by atoms with Gasteiger partial charge in [0.15, 0.2) is 5.96 Å². The van der Waals surface area contributed by atoms with Crippen molar-refractivity contribution in [2.75, 3.05) is 23.8 Å². The molecule has 1 unspecified atom stereocenters. The van der Waals surface area contributed by atoms with Crippen LogP contribution in [0.1, 0.15) is 0 Å². The van der Waals surface area contributed by atoms with Crippen LogP contribution >= 0.6 is 23.5 Å². The maximum atomic E-state index is 5.22. The zero-order valence-electron chi connectivity index (χ0n) is 6.32. The normalized spacial score (nSPS) is 24.5. The van der Waals surface area contributed by atoms with Crippen LogP contribution in [0, 0.1) is 0 Å². The van der Waals surface area contributed by atoms with Crippen LogP contribution in [0.2, 0.25) is 0 Å². The fourth-order valence-electron chi connectivity index (χ4n) is 0.849. The molecule has 0 aromatic heterocycles. The Morgan fingerprint density at radius 3 is 2.82 bits per heavy atom. The summed E-state index contributed by atoms with van der Waals surface area (Å²) in [6.07, 6.45) is 0. The molecule has 1 heterocycles. The van der Waals surface area contributed by atoms with E-state index in [0.717, 1.165) is 6.54 Å². The van der Waals surface area contributed by atoms with Crippen LogP contribution in [0.15, 0.2) is 4.99 Å². The Kier molecular flexibility index (Phi) is 3.93. The highest BCUT2D eigenvalue weighted by atomic mass is 32.2. The third-order valence-corrected chi connectivity index (χ3v) is 4.19. The lowest BCUT2D eigenvalue weighted by Gasteiger charge is -2.18. The summed E-state index contributed by atoms with van der Waals surface area (Å²) in [7, 11) is 0. The standard InChI is InChI=1S/C6H13N3S2/c7-6(8)9-3-5-4-10-1-2-11-5/h5H,1-4H2,(H4,7,8,9). The van der Waals surface area contributed by atoms with E-state index < -0.39 is 0 Å². The quantitative estimate of drug-likeness (QED) is 0.480. The van der Waals surface area contributed by atoms with Crippen molar-refractivity contribution in [2.45, 2.75) is 5.25 Å². The number of rotatable bonds is 2. The number of aliphatic imine (C=N–C) groups is 1. The largest absolute Gasteiger partial charge is 0.370 e. The van der Waals surface area contributed by atoms with Gasteiger partial charge in [0.1, 0.15) is 0 Å². The van der Waals surface area contributed by atoms with E-state index in [0.29, 0.717) is 5.25 Å². The highest BCUT2D eigenvalue weighted by molar-refractivity contribution is 8.06. The Morgan fingerprint density at radius 2 is 2.27 bits per heavy atom. The third-order valence-electron chi connectivity index (χ3n) is 1.36. The van der Waals surface area contributed by atoms with Crippen molar-refractivity contribution in [3.63, 3.8) is 0 Å². The molecule has 3 nitrogen and oxygen atoms in total. The van der Waals surface area contributed by atoms with Crippen molar-refractivity contribution in [1.82, 2.24) is 0 Å². The van der Waals surface area contributed by atoms with Crippen LogP contribution in [-0.2, 0) is 0 Å². The monoisotopic (exact) mass is 191 g/mol. The summed E-state index contributed by atoms with van der Waals surface area (Å²) in [6, 6.07) is 0. The summed E-state index contributed by atoms with van der Waals surface area (Å²) in [4.78, 5) is 3.99. The summed E-state index contributed by atoms with van der Waals surface area (Å²) in [5.41, 5.74) is 10.4.